The number of nitrogens with zero attached hydrogens (tertiary/aromatic N) is 2. The van der Waals surface area contributed by atoms with Crippen molar-refractivity contribution in [2.24, 2.45) is 0 Å². The number of sulfonamides is 1. The van der Waals surface area contributed by atoms with Gasteiger partial charge in [0.05, 0.1) is 10.6 Å². The molecule has 0 radical (unpaired) electrons. The van der Waals surface area contributed by atoms with Crippen molar-refractivity contribution in [3.8, 4) is 0 Å². The van der Waals surface area contributed by atoms with Crippen LogP contribution in [-0.2, 0) is 26.2 Å². The Labute approximate surface area is 219 Å². The summed E-state index contributed by atoms with van der Waals surface area (Å²) in [5, 5.41) is 3.12. The van der Waals surface area contributed by atoms with Crippen LogP contribution in [0.15, 0.2) is 77.7 Å². The van der Waals surface area contributed by atoms with Crippen LogP contribution in [0.3, 0.4) is 0 Å². The molecule has 11 heteroatoms. The van der Waals surface area contributed by atoms with Gasteiger partial charge in [-0.1, -0.05) is 41.4 Å². The molecule has 0 aliphatic rings. The molecule has 0 saturated carbocycles. The first-order valence-electron chi connectivity index (χ1n) is 10.8. The van der Waals surface area contributed by atoms with Gasteiger partial charge in [0.2, 0.25) is 11.8 Å². The molecule has 0 aliphatic heterocycles. The van der Waals surface area contributed by atoms with Crippen molar-refractivity contribution in [2.75, 3.05) is 17.9 Å². The summed E-state index contributed by atoms with van der Waals surface area (Å²) >= 11 is 12.0. The van der Waals surface area contributed by atoms with Gasteiger partial charge in [-0.05, 0) is 67.1 Å². The molecule has 0 saturated heterocycles. The van der Waals surface area contributed by atoms with E-state index in [1.165, 1.54) is 79.5 Å². The smallest absolute Gasteiger partial charge is 0.264 e. The molecule has 190 valence electrons. The summed E-state index contributed by atoms with van der Waals surface area (Å²) in [5.41, 5.74) is 0.732. The lowest BCUT2D eigenvalue weighted by Gasteiger charge is -2.31. The van der Waals surface area contributed by atoms with Crippen molar-refractivity contribution in [1.82, 2.24) is 10.2 Å². The molecule has 0 aliphatic carbocycles. The van der Waals surface area contributed by atoms with Crippen LogP contribution in [0.1, 0.15) is 12.5 Å². The zero-order chi connectivity index (χ0) is 26.5. The summed E-state index contributed by atoms with van der Waals surface area (Å²) in [6, 6.07) is 16.1. The van der Waals surface area contributed by atoms with E-state index in [9.17, 15) is 22.4 Å². The Morgan fingerprint density at radius 2 is 1.61 bits per heavy atom. The van der Waals surface area contributed by atoms with E-state index in [2.05, 4.69) is 5.32 Å². The first-order chi connectivity index (χ1) is 17.0. The molecular formula is C25H24Cl2FN3O4S. The van der Waals surface area contributed by atoms with E-state index in [0.29, 0.717) is 10.6 Å². The van der Waals surface area contributed by atoms with Gasteiger partial charge >= 0.3 is 0 Å². The summed E-state index contributed by atoms with van der Waals surface area (Å²) in [7, 11) is -2.79. The quantitative estimate of drug-likeness (QED) is 0.424. The molecule has 2 amide bonds. The Morgan fingerprint density at radius 1 is 0.972 bits per heavy atom. The highest BCUT2D eigenvalue weighted by Crippen LogP contribution is 2.27. The van der Waals surface area contributed by atoms with Crippen LogP contribution >= 0.6 is 23.2 Å². The second kappa shape index (κ2) is 11.7. The number of likely N-dealkylation sites (N-methyl/N-ethyl adjacent to an activating group) is 1. The molecule has 3 aromatic rings. The van der Waals surface area contributed by atoms with Gasteiger partial charge in [0, 0.05) is 23.6 Å². The average molecular weight is 552 g/mol. The van der Waals surface area contributed by atoms with Crippen LogP contribution in [0.2, 0.25) is 10.0 Å². The van der Waals surface area contributed by atoms with Crippen molar-refractivity contribution in [1.29, 1.82) is 0 Å². The monoisotopic (exact) mass is 551 g/mol. The number of rotatable bonds is 9. The van der Waals surface area contributed by atoms with E-state index in [1.807, 2.05) is 0 Å². The highest BCUT2D eigenvalue weighted by molar-refractivity contribution is 7.92. The summed E-state index contributed by atoms with van der Waals surface area (Å²) in [5.74, 6) is -1.54. The molecule has 0 aromatic heterocycles. The molecule has 7 nitrogen and oxygen atoms in total. The van der Waals surface area contributed by atoms with Gasteiger partial charge in [-0.3, -0.25) is 13.9 Å². The van der Waals surface area contributed by atoms with E-state index < -0.39 is 40.2 Å². The van der Waals surface area contributed by atoms with Gasteiger partial charge in [-0.2, -0.15) is 0 Å². The number of amides is 2. The molecule has 0 heterocycles. The molecule has 36 heavy (non-hydrogen) atoms. The Hall–Kier alpha value is -3.14. The third kappa shape index (κ3) is 6.54. The highest BCUT2D eigenvalue weighted by atomic mass is 35.5. The van der Waals surface area contributed by atoms with Crippen LogP contribution in [0, 0.1) is 5.82 Å². The first-order valence-corrected chi connectivity index (χ1v) is 13.0. The maximum Gasteiger partial charge on any atom is 0.264 e. The molecule has 1 unspecified atom stereocenters. The fourth-order valence-electron chi connectivity index (χ4n) is 3.47. The third-order valence-corrected chi connectivity index (χ3v) is 7.73. The van der Waals surface area contributed by atoms with Crippen molar-refractivity contribution < 1.29 is 22.4 Å². The van der Waals surface area contributed by atoms with Crippen molar-refractivity contribution in [3.63, 3.8) is 0 Å². The van der Waals surface area contributed by atoms with E-state index in [1.54, 1.807) is 12.1 Å². The number of halogens is 3. The molecular weight excluding hydrogens is 528 g/mol. The minimum Gasteiger partial charge on any atom is -0.357 e. The topological polar surface area (TPSA) is 86.8 Å². The molecule has 1 N–H and O–H groups in total. The summed E-state index contributed by atoms with van der Waals surface area (Å²) < 4.78 is 41.6. The largest absolute Gasteiger partial charge is 0.357 e. The zero-order valence-electron chi connectivity index (χ0n) is 19.5. The second-order valence-corrected chi connectivity index (χ2v) is 10.6. The number of nitrogens with one attached hydrogen (secondary N) is 1. The van der Waals surface area contributed by atoms with Crippen molar-refractivity contribution in [2.45, 2.75) is 24.4 Å². The minimum absolute atomic E-state index is 0.0436. The van der Waals surface area contributed by atoms with Crippen LogP contribution < -0.4 is 9.62 Å². The lowest BCUT2D eigenvalue weighted by atomic mass is 10.1. The summed E-state index contributed by atoms with van der Waals surface area (Å²) in [6.45, 7) is 0.865. The van der Waals surface area contributed by atoms with E-state index >= 15 is 0 Å². The lowest BCUT2D eigenvalue weighted by Crippen LogP contribution is -2.50. The number of benzene rings is 3. The van der Waals surface area contributed by atoms with Gasteiger partial charge in [0.15, 0.2) is 0 Å². The molecule has 1 atom stereocenters. The standard InChI is InChI=1S/C25H24Cl2FN3O4S/c1-17(25(33)29-2)30(15-18-6-10-21(28)11-7-18)24(32)16-31(22-5-3-4-20(27)14-22)36(34,35)23-12-8-19(26)9-13-23/h3-14,17H,15-16H2,1-2H3,(H,29,33). The lowest BCUT2D eigenvalue weighted by molar-refractivity contribution is -0.139. The maximum atomic E-state index is 13.6. The fourth-order valence-corrected chi connectivity index (χ4v) is 5.19. The van der Waals surface area contributed by atoms with Gasteiger partial charge < -0.3 is 10.2 Å². The first kappa shape index (κ1) is 27.4. The molecule has 0 bridgehead atoms. The molecule has 0 fully saturated rings. The van der Waals surface area contributed by atoms with Crippen LogP contribution in [-0.4, -0.2) is 44.8 Å². The maximum absolute atomic E-state index is 13.6. The Kier molecular flexibility index (Phi) is 8.94. The minimum atomic E-state index is -4.23. The second-order valence-electron chi connectivity index (χ2n) is 7.88. The van der Waals surface area contributed by atoms with Crippen LogP contribution in [0.4, 0.5) is 10.1 Å². The Morgan fingerprint density at radius 3 is 2.19 bits per heavy atom. The highest BCUT2D eigenvalue weighted by Gasteiger charge is 2.32. The van der Waals surface area contributed by atoms with Crippen LogP contribution in [0.5, 0.6) is 0 Å². The summed E-state index contributed by atoms with van der Waals surface area (Å²) in [6.07, 6.45) is 0. The number of hydrogen-bond acceptors (Lipinski definition) is 4. The number of carbonyl (C=O) groups excluding carboxylic acids is 2. The Bertz CT molecular complexity index is 1340. The third-order valence-electron chi connectivity index (χ3n) is 5.46. The Balaban J connectivity index is 2.02. The van der Waals surface area contributed by atoms with Gasteiger partial charge in [0.25, 0.3) is 10.0 Å². The van der Waals surface area contributed by atoms with Crippen molar-refractivity contribution >= 4 is 50.7 Å². The van der Waals surface area contributed by atoms with Gasteiger partial charge in [-0.25, -0.2) is 12.8 Å². The fraction of sp³-hybridized carbons (Fsp3) is 0.200. The predicted octanol–water partition coefficient (Wildman–Crippen LogP) is 4.49. The van der Waals surface area contributed by atoms with Gasteiger partial charge in [-0.15, -0.1) is 0 Å². The van der Waals surface area contributed by atoms with Crippen LogP contribution in [0.25, 0.3) is 0 Å². The number of carbonyl (C=O) groups is 2. The average Bonchev–Trinajstić information content (AvgIpc) is 2.86. The molecule has 0 spiro atoms. The van der Waals surface area contributed by atoms with E-state index in [0.717, 1.165) is 4.31 Å². The number of hydrogen-bond donors (Lipinski definition) is 1. The normalized spacial score (nSPS) is 12.0. The van der Waals surface area contributed by atoms with E-state index in [4.69, 9.17) is 23.2 Å². The summed E-state index contributed by atoms with van der Waals surface area (Å²) in [4.78, 5) is 27.2. The SMILES string of the molecule is CNC(=O)C(C)N(Cc1ccc(F)cc1)C(=O)CN(c1cccc(Cl)c1)S(=O)(=O)c1ccc(Cl)cc1. The molecule has 3 aromatic carbocycles. The number of anilines is 1. The predicted molar refractivity (Wildman–Crippen MR) is 138 cm³/mol. The molecule has 3 rings (SSSR count). The van der Waals surface area contributed by atoms with Crippen molar-refractivity contribution in [3.05, 3.63) is 94.2 Å². The van der Waals surface area contributed by atoms with E-state index in [-0.39, 0.29) is 22.2 Å². The van der Waals surface area contributed by atoms with Gasteiger partial charge in [0.1, 0.15) is 18.4 Å². The zero-order valence-corrected chi connectivity index (χ0v) is 21.8.